The predicted molar refractivity (Wildman–Crippen MR) is 81.3 cm³/mol. The van der Waals surface area contributed by atoms with Crippen LogP contribution in [0.4, 0.5) is 8.78 Å². The van der Waals surface area contributed by atoms with E-state index in [0.717, 1.165) is 37.2 Å². The Bertz CT molecular complexity index is 474. The molecule has 3 N–H and O–H groups in total. The molecule has 0 aliphatic heterocycles. The molecular formula is C17H26F2N2. The van der Waals surface area contributed by atoms with Crippen LogP contribution < -0.4 is 11.3 Å². The van der Waals surface area contributed by atoms with E-state index in [4.69, 9.17) is 5.84 Å². The van der Waals surface area contributed by atoms with Gasteiger partial charge in [0, 0.05) is 6.04 Å². The molecule has 21 heavy (non-hydrogen) atoms. The first-order chi connectivity index (χ1) is 9.82. The predicted octanol–water partition coefficient (Wildman–Crippen LogP) is 4.32. The molecule has 2 rings (SSSR count). The van der Waals surface area contributed by atoms with Gasteiger partial charge >= 0.3 is 0 Å². The van der Waals surface area contributed by atoms with Crippen molar-refractivity contribution in [1.29, 1.82) is 0 Å². The zero-order chi connectivity index (χ0) is 15.6. The number of halogens is 2. The van der Waals surface area contributed by atoms with E-state index in [2.05, 4.69) is 26.2 Å². The van der Waals surface area contributed by atoms with Crippen molar-refractivity contribution in [3.05, 3.63) is 35.4 Å². The molecule has 0 aromatic heterocycles. The van der Waals surface area contributed by atoms with Gasteiger partial charge in [0.2, 0.25) is 0 Å². The number of rotatable bonds is 3. The van der Waals surface area contributed by atoms with Crippen LogP contribution in [-0.4, -0.2) is 0 Å². The van der Waals surface area contributed by atoms with Crippen molar-refractivity contribution in [3.8, 4) is 0 Å². The third-order valence-corrected chi connectivity index (χ3v) is 4.95. The quantitative estimate of drug-likeness (QED) is 0.644. The van der Waals surface area contributed by atoms with E-state index in [1.54, 1.807) is 6.07 Å². The fourth-order valence-corrected chi connectivity index (χ4v) is 3.53. The van der Waals surface area contributed by atoms with Crippen LogP contribution in [0.15, 0.2) is 18.2 Å². The van der Waals surface area contributed by atoms with E-state index in [1.807, 2.05) is 0 Å². The summed E-state index contributed by atoms with van der Waals surface area (Å²) in [6.07, 6.45) is 4.46. The molecule has 0 heterocycles. The molecule has 2 nitrogen and oxygen atoms in total. The molecule has 1 atom stereocenters. The summed E-state index contributed by atoms with van der Waals surface area (Å²) >= 11 is 0. The first kappa shape index (κ1) is 16.4. The van der Waals surface area contributed by atoms with Crippen molar-refractivity contribution in [1.82, 2.24) is 5.43 Å². The average Bonchev–Trinajstić information content (AvgIpc) is 2.43. The Labute approximate surface area is 126 Å². The number of hydrogen-bond acceptors (Lipinski definition) is 2. The number of nitrogens with two attached hydrogens (primary N) is 1. The average molecular weight is 296 g/mol. The van der Waals surface area contributed by atoms with E-state index in [1.165, 1.54) is 12.1 Å². The minimum absolute atomic E-state index is 0.110. The lowest BCUT2D eigenvalue weighted by Crippen LogP contribution is -2.37. The van der Waals surface area contributed by atoms with Crippen LogP contribution in [0.1, 0.15) is 58.1 Å². The summed E-state index contributed by atoms with van der Waals surface area (Å²) in [5.41, 5.74) is 3.86. The van der Waals surface area contributed by atoms with Gasteiger partial charge in [-0.25, -0.2) is 8.78 Å². The van der Waals surface area contributed by atoms with Crippen LogP contribution in [-0.2, 0) is 0 Å². The molecule has 1 unspecified atom stereocenters. The third-order valence-electron chi connectivity index (χ3n) is 4.95. The van der Waals surface area contributed by atoms with E-state index in [0.29, 0.717) is 11.3 Å². The van der Waals surface area contributed by atoms with Gasteiger partial charge in [0.05, 0.1) is 0 Å². The summed E-state index contributed by atoms with van der Waals surface area (Å²) in [7, 11) is 0. The maximum absolute atomic E-state index is 13.4. The summed E-state index contributed by atoms with van der Waals surface area (Å²) in [4.78, 5) is 0. The molecule has 0 spiro atoms. The maximum Gasteiger partial charge on any atom is 0.159 e. The van der Waals surface area contributed by atoms with Crippen LogP contribution in [0.2, 0.25) is 0 Å². The summed E-state index contributed by atoms with van der Waals surface area (Å²) < 4.78 is 26.5. The molecule has 0 amide bonds. The normalized spacial score (nSPS) is 24.9. The SMILES string of the molecule is CC(C)(C)C1CCC(C(NN)c2ccc(F)c(F)c2)CC1. The highest BCUT2D eigenvalue weighted by molar-refractivity contribution is 5.22. The Morgan fingerprint density at radius 2 is 1.71 bits per heavy atom. The van der Waals surface area contributed by atoms with Crippen LogP contribution in [0.5, 0.6) is 0 Å². The van der Waals surface area contributed by atoms with Crippen molar-refractivity contribution in [2.24, 2.45) is 23.1 Å². The smallest absolute Gasteiger partial charge is 0.159 e. The molecule has 118 valence electrons. The Morgan fingerprint density at radius 3 is 2.19 bits per heavy atom. The highest BCUT2D eigenvalue weighted by Gasteiger charge is 2.33. The number of benzene rings is 1. The number of nitrogens with one attached hydrogen (secondary N) is 1. The monoisotopic (exact) mass is 296 g/mol. The fourth-order valence-electron chi connectivity index (χ4n) is 3.53. The Balaban J connectivity index is 2.07. The summed E-state index contributed by atoms with van der Waals surface area (Å²) in [6, 6.07) is 3.95. The molecule has 1 aromatic rings. The Hall–Kier alpha value is -1.00. The number of hydrogen-bond donors (Lipinski definition) is 2. The maximum atomic E-state index is 13.4. The van der Waals surface area contributed by atoms with Gasteiger partial charge in [0.25, 0.3) is 0 Å². The molecule has 0 saturated heterocycles. The van der Waals surface area contributed by atoms with Crippen LogP contribution in [0.3, 0.4) is 0 Å². The van der Waals surface area contributed by atoms with E-state index >= 15 is 0 Å². The Kier molecular flexibility index (Phi) is 4.99. The lowest BCUT2D eigenvalue weighted by Gasteiger charge is -2.39. The second-order valence-corrected chi connectivity index (χ2v) is 7.30. The molecule has 1 aliphatic carbocycles. The van der Waals surface area contributed by atoms with Crippen LogP contribution >= 0.6 is 0 Å². The molecule has 1 aliphatic rings. The van der Waals surface area contributed by atoms with Crippen molar-refractivity contribution in [3.63, 3.8) is 0 Å². The summed E-state index contributed by atoms with van der Waals surface area (Å²) in [5, 5.41) is 0. The minimum Gasteiger partial charge on any atom is -0.271 e. The zero-order valence-electron chi connectivity index (χ0n) is 13.1. The highest BCUT2D eigenvalue weighted by Crippen LogP contribution is 2.43. The topological polar surface area (TPSA) is 38.0 Å². The molecule has 1 fully saturated rings. The second-order valence-electron chi connectivity index (χ2n) is 7.30. The lowest BCUT2D eigenvalue weighted by molar-refractivity contribution is 0.132. The van der Waals surface area contributed by atoms with Crippen molar-refractivity contribution in [2.75, 3.05) is 0 Å². The van der Waals surface area contributed by atoms with Gasteiger partial charge in [-0.2, -0.15) is 0 Å². The van der Waals surface area contributed by atoms with Gasteiger partial charge in [-0.05, 0) is 60.6 Å². The minimum atomic E-state index is -0.814. The molecule has 0 bridgehead atoms. The van der Waals surface area contributed by atoms with Crippen molar-refractivity contribution in [2.45, 2.75) is 52.5 Å². The van der Waals surface area contributed by atoms with Crippen LogP contribution in [0.25, 0.3) is 0 Å². The van der Waals surface area contributed by atoms with E-state index in [9.17, 15) is 8.78 Å². The third kappa shape index (κ3) is 3.80. The fraction of sp³-hybridized carbons (Fsp3) is 0.647. The molecule has 1 aromatic carbocycles. The first-order valence-electron chi connectivity index (χ1n) is 7.74. The molecule has 4 heteroatoms. The molecular weight excluding hydrogens is 270 g/mol. The highest BCUT2D eigenvalue weighted by atomic mass is 19.2. The van der Waals surface area contributed by atoms with Gasteiger partial charge in [0.15, 0.2) is 11.6 Å². The zero-order valence-corrected chi connectivity index (χ0v) is 13.1. The van der Waals surface area contributed by atoms with Gasteiger partial charge < -0.3 is 0 Å². The van der Waals surface area contributed by atoms with Gasteiger partial charge in [-0.1, -0.05) is 26.8 Å². The summed E-state index contributed by atoms with van der Waals surface area (Å²) in [5.74, 6) is 5.15. The summed E-state index contributed by atoms with van der Waals surface area (Å²) in [6.45, 7) is 6.85. The standard InChI is InChI=1S/C17H26F2N2/c1-17(2,3)13-7-4-11(5-8-13)16(21-20)12-6-9-14(18)15(19)10-12/h6,9-11,13,16,21H,4-5,7-8,20H2,1-3H3. The van der Waals surface area contributed by atoms with Crippen molar-refractivity contribution >= 4 is 0 Å². The lowest BCUT2D eigenvalue weighted by atomic mass is 9.68. The van der Waals surface area contributed by atoms with E-state index in [-0.39, 0.29) is 6.04 Å². The van der Waals surface area contributed by atoms with E-state index < -0.39 is 11.6 Å². The van der Waals surface area contributed by atoms with Gasteiger partial charge in [0.1, 0.15) is 0 Å². The second kappa shape index (κ2) is 6.41. The van der Waals surface area contributed by atoms with Gasteiger partial charge in [-0.15, -0.1) is 0 Å². The molecule has 0 radical (unpaired) electrons. The van der Waals surface area contributed by atoms with Crippen LogP contribution in [0, 0.1) is 28.9 Å². The van der Waals surface area contributed by atoms with Crippen molar-refractivity contribution < 1.29 is 8.78 Å². The largest absolute Gasteiger partial charge is 0.271 e. The first-order valence-corrected chi connectivity index (χ1v) is 7.74. The van der Waals surface area contributed by atoms with Gasteiger partial charge in [-0.3, -0.25) is 11.3 Å². The molecule has 1 saturated carbocycles. The Morgan fingerprint density at radius 1 is 1.10 bits per heavy atom. The number of hydrazine groups is 1.